The van der Waals surface area contributed by atoms with Crippen LogP contribution in [0.4, 0.5) is 5.69 Å². The minimum atomic E-state index is -0.933. The molecule has 0 aliphatic heterocycles. The van der Waals surface area contributed by atoms with Gasteiger partial charge >= 0.3 is 5.97 Å². The van der Waals surface area contributed by atoms with E-state index in [2.05, 4.69) is 33.2 Å². The Labute approximate surface area is 130 Å². The number of nitrogens with zero attached hydrogens (tertiary/aromatic N) is 1. The maximum atomic E-state index is 10.9. The summed E-state index contributed by atoms with van der Waals surface area (Å²) in [6.07, 6.45) is 2.89. The summed E-state index contributed by atoms with van der Waals surface area (Å²) in [5.41, 5.74) is 1.12. The van der Waals surface area contributed by atoms with Crippen molar-refractivity contribution in [2.45, 2.75) is 26.3 Å². The average molecular weight is 355 g/mol. The van der Waals surface area contributed by atoms with Gasteiger partial charge in [-0.3, -0.25) is 0 Å². The van der Waals surface area contributed by atoms with E-state index >= 15 is 0 Å². The Hall–Kier alpha value is -1.40. The number of hydrogen-bond acceptors (Lipinski definition) is 4. The molecule has 4 nitrogen and oxygen atoms in total. The first-order valence-corrected chi connectivity index (χ1v) is 7.86. The molecule has 0 fully saturated rings. The molecule has 0 saturated carbocycles. The van der Waals surface area contributed by atoms with Gasteiger partial charge in [0.05, 0.1) is 11.6 Å². The molecule has 1 aromatic carbocycles. The lowest BCUT2D eigenvalue weighted by atomic mass is 10.2. The molecule has 0 saturated heterocycles. The minimum Gasteiger partial charge on any atom is -0.478 e. The molecule has 0 spiro atoms. The third kappa shape index (κ3) is 3.37. The smallest absolute Gasteiger partial charge is 0.335 e. The van der Waals surface area contributed by atoms with Gasteiger partial charge in [-0.05, 0) is 47.5 Å². The molecule has 20 heavy (non-hydrogen) atoms. The Kier molecular flexibility index (Phi) is 4.77. The number of anilines is 1. The highest BCUT2D eigenvalue weighted by Crippen LogP contribution is 2.29. The van der Waals surface area contributed by atoms with Crippen molar-refractivity contribution in [3.63, 3.8) is 0 Å². The molecule has 6 heteroatoms. The maximum Gasteiger partial charge on any atom is 0.335 e. The number of benzene rings is 1. The van der Waals surface area contributed by atoms with Crippen molar-refractivity contribution in [3.8, 4) is 0 Å². The first-order valence-electron chi connectivity index (χ1n) is 6.25. The number of aryl methyl sites for hydroxylation is 1. The van der Waals surface area contributed by atoms with Gasteiger partial charge in [0.1, 0.15) is 5.01 Å². The quantitative estimate of drug-likeness (QED) is 0.838. The van der Waals surface area contributed by atoms with E-state index in [1.165, 1.54) is 4.88 Å². The number of hydrogen-bond donors (Lipinski definition) is 2. The second kappa shape index (κ2) is 6.37. The van der Waals surface area contributed by atoms with Crippen molar-refractivity contribution in [2.75, 3.05) is 5.32 Å². The Morgan fingerprint density at radius 1 is 1.55 bits per heavy atom. The van der Waals surface area contributed by atoms with Gasteiger partial charge in [0.25, 0.3) is 0 Å². The predicted octanol–water partition coefficient (Wildman–Crippen LogP) is 4.34. The molecular weight excluding hydrogens is 340 g/mol. The molecule has 1 unspecified atom stereocenters. The highest BCUT2D eigenvalue weighted by atomic mass is 79.9. The number of thiazole rings is 1. The van der Waals surface area contributed by atoms with Crippen molar-refractivity contribution in [2.24, 2.45) is 0 Å². The minimum absolute atomic E-state index is 0.0762. The van der Waals surface area contributed by atoms with E-state index in [-0.39, 0.29) is 11.6 Å². The van der Waals surface area contributed by atoms with Gasteiger partial charge in [-0.2, -0.15) is 0 Å². The summed E-state index contributed by atoms with van der Waals surface area (Å²) >= 11 is 5.08. The number of carboxylic acid groups (broad SMARTS) is 1. The lowest BCUT2D eigenvalue weighted by Crippen LogP contribution is -2.07. The van der Waals surface area contributed by atoms with Crippen LogP contribution in [0, 0.1) is 0 Å². The number of carbonyl (C=O) groups is 1. The second-order valence-corrected chi connectivity index (χ2v) is 6.39. The lowest BCUT2D eigenvalue weighted by molar-refractivity contribution is 0.0697. The molecule has 0 amide bonds. The van der Waals surface area contributed by atoms with Crippen LogP contribution in [0.25, 0.3) is 0 Å². The molecule has 0 aliphatic carbocycles. The van der Waals surface area contributed by atoms with Crippen LogP contribution >= 0.6 is 27.3 Å². The fourth-order valence-electron chi connectivity index (χ4n) is 1.75. The molecule has 1 atom stereocenters. The predicted molar refractivity (Wildman–Crippen MR) is 84.6 cm³/mol. The topological polar surface area (TPSA) is 62.2 Å². The van der Waals surface area contributed by atoms with Crippen molar-refractivity contribution < 1.29 is 9.90 Å². The van der Waals surface area contributed by atoms with Gasteiger partial charge in [-0.1, -0.05) is 6.92 Å². The third-order valence-electron chi connectivity index (χ3n) is 2.88. The summed E-state index contributed by atoms with van der Waals surface area (Å²) in [5.74, 6) is -0.933. The van der Waals surface area contributed by atoms with Crippen LogP contribution in [0.15, 0.2) is 28.9 Å². The SMILES string of the molecule is CCc1cnc(C(C)Nc2ccc(C(=O)O)cc2Br)s1. The number of halogens is 1. The molecule has 2 aromatic rings. The number of aromatic carboxylic acids is 1. The van der Waals surface area contributed by atoms with Gasteiger partial charge in [-0.25, -0.2) is 9.78 Å². The molecule has 2 N–H and O–H groups in total. The normalized spacial score (nSPS) is 12.2. The first kappa shape index (κ1) is 15.0. The van der Waals surface area contributed by atoms with Crippen LogP contribution in [-0.4, -0.2) is 16.1 Å². The second-order valence-electron chi connectivity index (χ2n) is 4.38. The fraction of sp³-hybridized carbons (Fsp3) is 0.286. The van der Waals surface area contributed by atoms with E-state index in [0.29, 0.717) is 0 Å². The third-order valence-corrected chi connectivity index (χ3v) is 4.86. The van der Waals surface area contributed by atoms with Crippen LogP contribution in [0.2, 0.25) is 0 Å². The Morgan fingerprint density at radius 2 is 2.30 bits per heavy atom. The van der Waals surface area contributed by atoms with Crippen molar-refractivity contribution >= 4 is 38.9 Å². The molecule has 1 heterocycles. The van der Waals surface area contributed by atoms with Crippen molar-refractivity contribution in [3.05, 3.63) is 44.3 Å². The molecule has 0 radical (unpaired) electrons. The summed E-state index contributed by atoms with van der Waals surface area (Å²) < 4.78 is 0.733. The molecule has 1 aromatic heterocycles. The van der Waals surface area contributed by atoms with E-state index in [9.17, 15) is 4.79 Å². The van der Waals surface area contributed by atoms with E-state index < -0.39 is 5.97 Å². The Bertz CT molecular complexity index is 627. The zero-order valence-corrected chi connectivity index (χ0v) is 13.6. The van der Waals surface area contributed by atoms with Crippen LogP contribution in [-0.2, 0) is 6.42 Å². The van der Waals surface area contributed by atoms with E-state index in [0.717, 1.165) is 21.6 Å². The molecule has 2 rings (SSSR count). The van der Waals surface area contributed by atoms with Gasteiger partial charge in [0.15, 0.2) is 0 Å². The van der Waals surface area contributed by atoms with Crippen LogP contribution in [0.5, 0.6) is 0 Å². The van der Waals surface area contributed by atoms with Gasteiger partial charge in [-0.15, -0.1) is 11.3 Å². The number of nitrogens with one attached hydrogen (secondary N) is 1. The van der Waals surface area contributed by atoms with E-state index in [1.807, 2.05) is 13.1 Å². The van der Waals surface area contributed by atoms with Crippen LogP contribution < -0.4 is 5.32 Å². The molecule has 0 aliphatic rings. The number of carboxylic acids is 1. The van der Waals surface area contributed by atoms with Crippen LogP contribution in [0.3, 0.4) is 0 Å². The maximum absolute atomic E-state index is 10.9. The Balaban J connectivity index is 2.15. The molecule has 0 bridgehead atoms. The monoisotopic (exact) mass is 354 g/mol. The highest BCUT2D eigenvalue weighted by molar-refractivity contribution is 9.10. The Morgan fingerprint density at radius 3 is 2.85 bits per heavy atom. The molecular formula is C14H15BrN2O2S. The zero-order valence-electron chi connectivity index (χ0n) is 11.2. The number of rotatable bonds is 5. The summed E-state index contributed by atoms with van der Waals surface area (Å²) in [7, 11) is 0. The van der Waals surface area contributed by atoms with Crippen molar-refractivity contribution in [1.82, 2.24) is 4.98 Å². The summed E-state index contributed by atoms with van der Waals surface area (Å²) in [4.78, 5) is 16.6. The van der Waals surface area contributed by atoms with E-state index in [1.54, 1.807) is 29.5 Å². The summed E-state index contributed by atoms with van der Waals surface area (Å²) in [5, 5.41) is 13.3. The van der Waals surface area contributed by atoms with Gasteiger partial charge in [0, 0.05) is 21.2 Å². The summed E-state index contributed by atoms with van der Waals surface area (Å²) in [6.45, 7) is 4.15. The average Bonchev–Trinajstić information content (AvgIpc) is 2.89. The summed E-state index contributed by atoms with van der Waals surface area (Å²) in [6, 6.07) is 5.02. The first-order chi connectivity index (χ1) is 9.51. The van der Waals surface area contributed by atoms with Crippen molar-refractivity contribution in [1.29, 1.82) is 0 Å². The largest absolute Gasteiger partial charge is 0.478 e. The van der Waals surface area contributed by atoms with E-state index in [4.69, 9.17) is 5.11 Å². The van der Waals surface area contributed by atoms with Gasteiger partial charge < -0.3 is 10.4 Å². The van der Waals surface area contributed by atoms with Gasteiger partial charge in [0.2, 0.25) is 0 Å². The molecule has 106 valence electrons. The lowest BCUT2D eigenvalue weighted by Gasteiger charge is -2.14. The van der Waals surface area contributed by atoms with Crippen LogP contribution in [0.1, 0.15) is 40.1 Å². The fourth-order valence-corrected chi connectivity index (χ4v) is 3.10. The highest BCUT2D eigenvalue weighted by Gasteiger charge is 2.12. The zero-order chi connectivity index (χ0) is 14.7. The standard InChI is InChI=1S/C14H15BrN2O2S/c1-3-10-7-16-13(20-10)8(2)17-12-5-4-9(14(18)19)6-11(12)15/h4-8,17H,3H2,1-2H3,(H,18,19). The number of aromatic nitrogens is 1.